The molecular weight excluding hydrogens is 162 g/mol. The maximum Gasteiger partial charge on any atom is 0.235 e. The van der Waals surface area contributed by atoms with Crippen LogP contribution in [-0.4, -0.2) is 10.9 Å². The summed E-state index contributed by atoms with van der Waals surface area (Å²) in [5, 5.41) is 0.986. The third-order valence-electron chi connectivity index (χ3n) is 2.24. The molecule has 0 bridgehead atoms. The summed E-state index contributed by atoms with van der Waals surface area (Å²) in [5.74, 6) is 0. The maximum absolute atomic E-state index is 10.6. The summed E-state index contributed by atoms with van der Waals surface area (Å²) >= 11 is 0. The third-order valence-corrected chi connectivity index (χ3v) is 2.24. The standard InChI is InChI=1S/C11H10NO/c1-2-12-7-9(8-13)10-5-3-4-6-11(10)12/h3-7H,2H2,1H3. The first-order valence-corrected chi connectivity index (χ1v) is 4.33. The Morgan fingerprint density at radius 2 is 2.15 bits per heavy atom. The number of nitrogens with zero attached hydrogens (tertiary/aromatic N) is 1. The van der Waals surface area contributed by atoms with Gasteiger partial charge in [-0.05, 0) is 13.0 Å². The van der Waals surface area contributed by atoms with E-state index in [1.54, 1.807) is 0 Å². The molecule has 2 nitrogen and oxygen atoms in total. The van der Waals surface area contributed by atoms with Gasteiger partial charge in [-0.1, -0.05) is 18.2 Å². The van der Waals surface area contributed by atoms with Gasteiger partial charge in [-0.25, -0.2) is 0 Å². The molecule has 2 heteroatoms. The molecule has 2 rings (SSSR count). The number of rotatable bonds is 2. The van der Waals surface area contributed by atoms with Crippen molar-refractivity contribution in [2.45, 2.75) is 13.5 Å². The van der Waals surface area contributed by atoms with Gasteiger partial charge in [-0.3, -0.25) is 4.79 Å². The predicted octanol–water partition coefficient (Wildman–Crippen LogP) is 2.12. The van der Waals surface area contributed by atoms with Crippen molar-refractivity contribution in [1.29, 1.82) is 0 Å². The second-order valence-electron chi connectivity index (χ2n) is 2.95. The van der Waals surface area contributed by atoms with Gasteiger partial charge in [0.2, 0.25) is 6.29 Å². The highest BCUT2D eigenvalue weighted by atomic mass is 16.1. The fourth-order valence-corrected chi connectivity index (χ4v) is 1.59. The Balaban J connectivity index is 2.81. The van der Waals surface area contributed by atoms with Gasteiger partial charge in [0.05, 0.1) is 5.56 Å². The summed E-state index contributed by atoms with van der Waals surface area (Å²) in [7, 11) is 0. The molecule has 0 aliphatic heterocycles. The summed E-state index contributed by atoms with van der Waals surface area (Å²) in [6.07, 6.45) is 3.80. The summed E-state index contributed by atoms with van der Waals surface area (Å²) in [5.41, 5.74) is 1.75. The van der Waals surface area contributed by atoms with E-state index in [1.807, 2.05) is 36.7 Å². The molecule has 0 amide bonds. The highest BCUT2D eigenvalue weighted by Crippen LogP contribution is 2.19. The van der Waals surface area contributed by atoms with Crippen molar-refractivity contribution in [1.82, 2.24) is 4.57 Å². The summed E-state index contributed by atoms with van der Waals surface area (Å²) < 4.78 is 2.05. The van der Waals surface area contributed by atoms with Crippen LogP contribution in [0.15, 0.2) is 30.5 Å². The van der Waals surface area contributed by atoms with Crippen LogP contribution in [0.1, 0.15) is 12.5 Å². The van der Waals surface area contributed by atoms with E-state index in [0.717, 1.165) is 17.4 Å². The minimum atomic E-state index is 0.650. The van der Waals surface area contributed by atoms with E-state index in [0.29, 0.717) is 5.56 Å². The van der Waals surface area contributed by atoms with Crippen LogP contribution in [0.3, 0.4) is 0 Å². The molecule has 0 spiro atoms. The van der Waals surface area contributed by atoms with Crippen molar-refractivity contribution in [3.8, 4) is 0 Å². The van der Waals surface area contributed by atoms with E-state index in [1.165, 1.54) is 0 Å². The molecule has 65 valence electrons. The second kappa shape index (κ2) is 3.05. The molecular formula is C11H10NO. The Morgan fingerprint density at radius 1 is 1.38 bits per heavy atom. The summed E-state index contributed by atoms with van der Waals surface area (Å²) in [6.45, 7) is 2.93. The molecule has 0 unspecified atom stereocenters. The first-order valence-electron chi connectivity index (χ1n) is 4.33. The molecule has 13 heavy (non-hydrogen) atoms. The van der Waals surface area contributed by atoms with Crippen LogP contribution in [0.4, 0.5) is 0 Å². The molecule has 2 aromatic rings. The van der Waals surface area contributed by atoms with Crippen molar-refractivity contribution in [3.63, 3.8) is 0 Å². The second-order valence-corrected chi connectivity index (χ2v) is 2.95. The Bertz CT molecular complexity index is 442. The predicted molar refractivity (Wildman–Crippen MR) is 52.4 cm³/mol. The van der Waals surface area contributed by atoms with Crippen molar-refractivity contribution < 1.29 is 4.79 Å². The number of aryl methyl sites for hydroxylation is 1. The number of benzene rings is 1. The molecule has 0 atom stereocenters. The van der Waals surface area contributed by atoms with Crippen LogP contribution in [0.5, 0.6) is 0 Å². The average Bonchev–Trinajstić information content (AvgIpc) is 2.56. The van der Waals surface area contributed by atoms with Gasteiger partial charge in [-0.2, -0.15) is 0 Å². The number of hydrogen-bond acceptors (Lipinski definition) is 1. The SMILES string of the molecule is CCn1cc([C]=O)c2ccccc21. The number of carbonyl (C=O) groups excluding carboxylic acids is 1. The molecule has 0 fully saturated rings. The molecule has 0 aliphatic rings. The lowest BCUT2D eigenvalue weighted by Crippen LogP contribution is -1.89. The smallest absolute Gasteiger partial charge is 0.235 e. The number of para-hydroxylation sites is 1. The quantitative estimate of drug-likeness (QED) is 0.680. The fourth-order valence-electron chi connectivity index (χ4n) is 1.59. The maximum atomic E-state index is 10.6. The molecule has 1 heterocycles. The van der Waals surface area contributed by atoms with Crippen molar-refractivity contribution in [3.05, 3.63) is 36.0 Å². The van der Waals surface area contributed by atoms with Crippen molar-refractivity contribution in [2.24, 2.45) is 0 Å². The van der Waals surface area contributed by atoms with E-state index >= 15 is 0 Å². The van der Waals surface area contributed by atoms with Crippen LogP contribution in [0, 0.1) is 0 Å². The minimum Gasteiger partial charge on any atom is -0.347 e. The highest BCUT2D eigenvalue weighted by Gasteiger charge is 2.05. The van der Waals surface area contributed by atoms with Gasteiger partial charge in [0, 0.05) is 23.6 Å². The third kappa shape index (κ3) is 1.15. The zero-order valence-corrected chi connectivity index (χ0v) is 7.45. The highest BCUT2D eigenvalue weighted by molar-refractivity contribution is 5.97. The Hall–Kier alpha value is -1.57. The Morgan fingerprint density at radius 3 is 2.85 bits per heavy atom. The van der Waals surface area contributed by atoms with Crippen LogP contribution in [-0.2, 0) is 11.3 Å². The normalized spacial score (nSPS) is 10.5. The van der Waals surface area contributed by atoms with Gasteiger partial charge < -0.3 is 4.57 Å². The molecule has 1 aromatic carbocycles. The number of hydrogen-bond donors (Lipinski definition) is 0. The molecule has 0 N–H and O–H groups in total. The summed E-state index contributed by atoms with van der Waals surface area (Å²) in [6, 6.07) is 7.87. The topological polar surface area (TPSA) is 22.0 Å². The van der Waals surface area contributed by atoms with E-state index < -0.39 is 0 Å². The van der Waals surface area contributed by atoms with Crippen LogP contribution >= 0.6 is 0 Å². The number of aromatic nitrogens is 1. The van der Waals surface area contributed by atoms with Gasteiger partial charge in [0.25, 0.3) is 0 Å². The van der Waals surface area contributed by atoms with Crippen LogP contribution in [0.25, 0.3) is 10.9 Å². The molecule has 1 radical (unpaired) electrons. The van der Waals surface area contributed by atoms with E-state index in [-0.39, 0.29) is 0 Å². The van der Waals surface area contributed by atoms with Crippen molar-refractivity contribution in [2.75, 3.05) is 0 Å². The molecule has 0 saturated carbocycles. The van der Waals surface area contributed by atoms with Gasteiger partial charge in [-0.15, -0.1) is 0 Å². The first kappa shape index (κ1) is 8.05. The van der Waals surface area contributed by atoms with Gasteiger partial charge >= 0.3 is 0 Å². The molecule has 0 aliphatic carbocycles. The Labute approximate surface area is 76.8 Å². The van der Waals surface area contributed by atoms with E-state index in [9.17, 15) is 4.79 Å². The zero-order chi connectivity index (χ0) is 9.26. The largest absolute Gasteiger partial charge is 0.347 e. The zero-order valence-electron chi connectivity index (χ0n) is 7.45. The lowest BCUT2D eigenvalue weighted by Gasteiger charge is -1.97. The first-order chi connectivity index (χ1) is 6.36. The van der Waals surface area contributed by atoms with Gasteiger partial charge in [0.15, 0.2) is 0 Å². The summed E-state index contributed by atoms with van der Waals surface area (Å²) in [4.78, 5) is 10.6. The van der Waals surface area contributed by atoms with Crippen molar-refractivity contribution >= 4 is 17.2 Å². The lowest BCUT2D eigenvalue weighted by atomic mass is 10.2. The van der Waals surface area contributed by atoms with E-state index in [4.69, 9.17) is 0 Å². The fraction of sp³-hybridized carbons (Fsp3) is 0.182. The number of fused-ring (bicyclic) bond motifs is 1. The average molecular weight is 172 g/mol. The van der Waals surface area contributed by atoms with Crippen LogP contribution in [0.2, 0.25) is 0 Å². The monoisotopic (exact) mass is 172 g/mol. The molecule has 0 saturated heterocycles. The van der Waals surface area contributed by atoms with E-state index in [2.05, 4.69) is 11.5 Å². The Kier molecular flexibility index (Phi) is 1.89. The van der Waals surface area contributed by atoms with Gasteiger partial charge in [0.1, 0.15) is 0 Å². The molecule has 1 aromatic heterocycles. The minimum absolute atomic E-state index is 0.650. The lowest BCUT2D eigenvalue weighted by molar-refractivity contribution is 0.563. The van der Waals surface area contributed by atoms with Crippen LogP contribution < -0.4 is 0 Å².